The lowest BCUT2D eigenvalue weighted by molar-refractivity contribution is -0.140. The van der Waals surface area contributed by atoms with Crippen LogP contribution < -0.4 is 4.90 Å². The highest BCUT2D eigenvalue weighted by Gasteiger charge is 2.13. The van der Waals surface area contributed by atoms with Gasteiger partial charge in [-0.1, -0.05) is 0 Å². The molecule has 0 saturated carbocycles. The number of carbonyl (C=O) groups is 2. The van der Waals surface area contributed by atoms with E-state index in [-0.39, 0.29) is 18.2 Å². The Bertz CT molecular complexity index is 474. The van der Waals surface area contributed by atoms with Gasteiger partial charge in [0.1, 0.15) is 5.82 Å². The molecule has 104 valence electrons. The fourth-order valence-corrected chi connectivity index (χ4v) is 1.76. The molecule has 0 aliphatic rings. The van der Waals surface area contributed by atoms with Crippen LogP contribution in [0.25, 0.3) is 0 Å². The van der Waals surface area contributed by atoms with E-state index in [2.05, 4.69) is 4.74 Å². The van der Waals surface area contributed by atoms with E-state index in [4.69, 9.17) is 0 Å². The minimum Gasteiger partial charge on any atom is -0.469 e. The molecular formula is C14H18FNO3. The fraction of sp³-hybridized carbons (Fsp3) is 0.429. The zero-order chi connectivity index (χ0) is 14.4. The van der Waals surface area contributed by atoms with E-state index in [9.17, 15) is 14.0 Å². The van der Waals surface area contributed by atoms with Gasteiger partial charge in [-0.3, -0.25) is 9.59 Å². The van der Waals surface area contributed by atoms with E-state index >= 15 is 0 Å². The second-order valence-electron chi connectivity index (χ2n) is 4.13. The van der Waals surface area contributed by atoms with Crippen LogP contribution >= 0.6 is 0 Å². The van der Waals surface area contributed by atoms with Crippen LogP contribution in [0.15, 0.2) is 18.2 Å². The van der Waals surface area contributed by atoms with Crippen molar-refractivity contribution >= 4 is 17.4 Å². The van der Waals surface area contributed by atoms with Gasteiger partial charge in [0, 0.05) is 18.7 Å². The van der Waals surface area contributed by atoms with Gasteiger partial charge in [-0.05, 0) is 32.0 Å². The van der Waals surface area contributed by atoms with Gasteiger partial charge in [-0.2, -0.15) is 0 Å². The van der Waals surface area contributed by atoms with Crippen molar-refractivity contribution in [2.24, 2.45) is 0 Å². The third-order valence-electron chi connectivity index (χ3n) is 2.89. The third-order valence-corrected chi connectivity index (χ3v) is 2.89. The van der Waals surface area contributed by atoms with Crippen molar-refractivity contribution in [1.82, 2.24) is 0 Å². The Balaban J connectivity index is 2.86. The number of rotatable bonds is 6. The summed E-state index contributed by atoms with van der Waals surface area (Å²) in [6, 6.07) is 4.37. The summed E-state index contributed by atoms with van der Waals surface area (Å²) in [6.45, 7) is 4.20. The molecule has 5 heteroatoms. The van der Waals surface area contributed by atoms with Crippen molar-refractivity contribution in [3.8, 4) is 0 Å². The highest BCUT2D eigenvalue weighted by Crippen LogP contribution is 2.21. The molecule has 0 N–H and O–H groups in total. The molecule has 1 aromatic carbocycles. The Morgan fingerprint density at radius 1 is 1.37 bits per heavy atom. The molecular weight excluding hydrogens is 249 g/mol. The number of hydrogen-bond donors (Lipinski definition) is 0. The first-order valence-electron chi connectivity index (χ1n) is 6.11. The molecule has 0 atom stereocenters. The van der Waals surface area contributed by atoms with Gasteiger partial charge in [-0.25, -0.2) is 4.39 Å². The van der Waals surface area contributed by atoms with E-state index in [1.165, 1.54) is 20.1 Å². The minimum atomic E-state index is -0.459. The fourth-order valence-electron chi connectivity index (χ4n) is 1.76. The first kappa shape index (κ1) is 15.1. The van der Waals surface area contributed by atoms with Crippen molar-refractivity contribution in [1.29, 1.82) is 0 Å². The zero-order valence-corrected chi connectivity index (χ0v) is 11.4. The smallest absolute Gasteiger partial charge is 0.307 e. The number of esters is 1. The minimum absolute atomic E-state index is 0.178. The number of anilines is 1. The predicted molar refractivity (Wildman–Crippen MR) is 70.9 cm³/mol. The highest BCUT2D eigenvalue weighted by atomic mass is 19.1. The number of Topliss-reactive ketones (excluding diaryl/α,β-unsaturated/α-hetero) is 1. The van der Waals surface area contributed by atoms with Crippen LogP contribution in [0.3, 0.4) is 0 Å². The molecule has 0 aliphatic carbocycles. The summed E-state index contributed by atoms with van der Waals surface area (Å²) in [6.07, 6.45) is 0.193. The van der Waals surface area contributed by atoms with Crippen LogP contribution in [0, 0.1) is 5.82 Å². The van der Waals surface area contributed by atoms with Crippen LogP contribution in [0.2, 0.25) is 0 Å². The summed E-state index contributed by atoms with van der Waals surface area (Å²) in [5, 5.41) is 0. The van der Waals surface area contributed by atoms with Crippen LogP contribution in [0.4, 0.5) is 10.1 Å². The number of carbonyl (C=O) groups excluding carboxylic acids is 2. The third kappa shape index (κ3) is 4.05. The Morgan fingerprint density at radius 2 is 2.05 bits per heavy atom. The van der Waals surface area contributed by atoms with E-state index in [1.54, 1.807) is 17.0 Å². The maximum absolute atomic E-state index is 13.9. The standard InChI is InChI=1S/C14H18FNO3/c1-4-16(8-7-14(18)19-3)13-6-5-11(10(2)17)9-12(13)15/h5-6,9H,4,7-8H2,1-3H3. The van der Waals surface area contributed by atoms with E-state index < -0.39 is 5.82 Å². The molecule has 19 heavy (non-hydrogen) atoms. The molecule has 0 spiro atoms. The number of ether oxygens (including phenoxy) is 1. The van der Waals surface area contributed by atoms with Crippen LogP contribution in [-0.4, -0.2) is 32.0 Å². The summed E-state index contributed by atoms with van der Waals surface area (Å²) >= 11 is 0. The molecule has 0 bridgehead atoms. The van der Waals surface area contributed by atoms with Gasteiger partial charge < -0.3 is 9.64 Å². The Labute approximate surface area is 112 Å². The predicted octanol–water partition coefficient (Wildman–Crippen LogP) is 2.42. The average molecular weight is 267 g/mol. The maximum Gasteiger partial charge on any atom is 0.307 e. The number of benzene rings is 1. The highest BCUT2D eigenvalue weighted by molar-refractivity contribution is 5.94. The molecule has 1 aromatic rings. The summed E-state index contributed by atoms with van der Waals surface area (Å²) in [7, 11) is 1.32. The number of ketones is 1. The van der Waals surface area contributed by atoms with Crippen molar-refractivity contribution in [3.05, 3.63) is 29.6 Å². The van der Waals surface area contributed by atoms with Crippen molar-refractivity contribution in [3.63, 3.8) is 0 Å². The summed E-state index contributed by atoms with van der Waals surface area (Å²) in [5.74, 6) is -0.971. The molecule has 0 aromatic heterocycles. The molecule has 0 saturated heterocycles. The van der Waals surface area contributed by atoms with E-state index in [1.807, 2.05) is 6.92 Å². The van der Waals surface area contributed by atoms with Gasteiger partial charge in [-0.15, -0.1) is 0 Å². The van der Waals surface area contributed by atoms with Crippen molar-refractivity contribution in [2.75, 3.05) is 25.1 Å². The summed E-state index contributed by atoms with van der Waals surface area (Å²) < 4.78 is 18.5. The number of methoxy groups -OCH3 is 1. The van der Waals surface area contributed by atoms with Crippen LogP contribution in [0.1, 0.15) is 30.6 Å². The topological polar surface area (TPSA) is 46.6 Å². The monoisotopic (exact) mass is 267 g/mol. The second kappa shape index (κ2) is 6.87. The largest absolute Gasteiger partial charge is 0.469 e. The summed E-state index contributed by atoms with van der Waals surface area (Å²) in [5.41, 5.74) is 0.724. The first-order valence-corrected chi connectivity index (χ1v) is 6.11. The molecule has 0 amide bonds. The molecule has 1 rings (SSSR count). The summed E-state index contributed by atoms with van der Waals surface area (Å²) in [4.78, 5) is 24.0. The molecule has 0 unspecified atom stereocenters. The first-order chi connectivity index (χ1) is 8.99. The lowest BCUT2D eigenvalue weighted by atomic mass is 10.1. The number of halogens is 1. The van der Waals surface area contributed by atoms with Gasteiger partial charge in [0.2, 0.25) is 0 Å². The number of hydrogen-bond acceptors (Lipinski definition) is 4. The normalized spacial score (nSPS) is 10.1. The quantitative estimate of drug-likeness (QED) is 0.586. The Morgan fingerprint density at radius 3 is 2.53 bits per heavy atom. The van der Waals surface area contributed by atoms with Gasteiger partial charge >= 0.3 is 5.97 Å². The van der Waals surface area contributed by atoms with Gasteiger partial charge in [0.25, 0.3) is 0 Å². The Hall–Kier alpha value is -1.91. The molecule has 0 aliphatic heterocycles. The Kier molecular flexibility index (Phi) is 5.48. The molecule has 0 fully saturated rings. The lowest BCUT2D eigenvalue weighted by Crippen LogP contribution is -2.27. The van der Waals surface area contributed by atoms with Crippen LogP contribution in [0.5, 0.6) is 0 Å². The van der Waals surface area contributed by atoms with E-state index in [0.717, 1.165) is 0 Å². The van der Waals surface area contributed by atoms with Crippen molar-refractivity contribution < 1.29 is 18.7 Å². The van der Waals surface area contributed by atoms with Gasteiger partial charge in [0.05, 0.1) is 19.2 Å². The van der Waals surface area contributed by atoms with Gasteiger partial charge in [0.15, 0.2) is 5.78 Å². The molecule has 4 nitrogen and oxygen atoms in total. The lowest BCUT2D eigenvalue weighted by Gasteiger charge is -2.23. The molecule has 0 radical (unpaired) electrons. The van der Waals surface area contributed by atoms with E-state index in [0.29, 0.717) is 24.3 Å². The SMILES string of the molecule is CCN(CCC(=O)OC)c1ccc(C(C)=O)cc1F. The average Bonchev–Trinajstić information content (AvgIpc) is 2.40. The van der Waals surface area contributed by atoms with Crippen molar-refractivity contribution in [2.45, 2.75) is 20.3 Å². The zero-order valence-electron chi connectivity index (χ0n) is 11.4. The maximum atomic E-state index is 13.9. The van der Waals surface area contributed by atoms with Crippen LogP contribution in [-0.2, 0) is 9.53 Å². The number of nitrogens with zero attached hydrogens (tertiary/aromatic N) is 1. The second-order valence-corrected chi connectivity index (χ2v) is 4.13. The molecule has 0 heterocycles.